The van der Waals surface area contributed by atoms with Gasteiger partial charge in [-0.3, -0.25) is 4.79 Å². The minimum atomic E-state index is 0.0811. The summed E-state index contributed by atoms with van der Waals surface area (Å²) in [5.74, 6) is 0.0811. The zero-order valence-electron chi connectivity index (χ0n) is 9.65. The van der Waals surface area contributed by atoms with Crippen molar-refractivity contribution in [1.82, 2.24) is 0 Å². The molecular weight excluding hydrogens is 319 g/mol. The summed E-state index contributed by atoms with van der Waals surface area (Å²) in [6, 6.07) is 9.18. The molecule has 0 radical (unpaired) electrons. The summed E-state index contributed by atoms with van der Waals surface area (Å²) >= 11 is 15.2. The first-order valence-electron chi connectivity index (χ1n) is 5.57. The van der Waals surface area contributed by atoms with Crippen LogP contribution in [-0.4, -0.2) is 5.78 Å². The van der Waals surface area contributed by atoms with E-state index in [1.165, 1.54) is 11.3 Å². The van der Waals surface area contributed by atoms with Gasteiger partial charge in [0.2, 0.25) is 0 Å². The monoisotopic (exact) mass is 326 g/mol. The van der Waals surface area contributed by atoms with Gasteiger partial charge in [0, 0.05) is 25.9 Å². The van der Waals surface area contributed by atoms with Gasteiger partial charge in [0.15, 0.2) is 5.78 Å². The number of thiophene rings is 2. The molecule has 0 N–H and O–H groups in total. The lowest BCUT2D eigenvalue weighted by Gasteiger charge is -2.03. The van der Waals surface area contributed by atoms with Crippen molar-refractivity contribution in [2.75, 3.05) is 0 Å². The van der Waals surface area contributed by atoms with Crippen molar-refractivity contribution in [3.63, 3.8) is 0 Å². The molecule has 0 saturated carbocycles. The van der Waals surface area contributed by atoms with Crippen LogP contribution < -0.4 is 0 Å². The van der Waals surface area contributed by atoms with Crippen LogP contribution in [0.4, 0.5) is 0 Å². The third-order valence-electron chi connectivity index (χ3n) is 2.77. The zero-order valence-corrected chi connectivity index (χ0v) is 12.8. The summed E-state index contributed by atoms with van der Waals surface area (Å²) in [5.41, 5.74) is 0.774. The number of hydrogen-bond donors (Lipinski definition) is 0. The quantitative estimate of drug-likeness (QED) is 0.564. The highest BCUT2D eigenvalue weighted by atomic mass is 35.5. The van der Waals surface area contributed by atoms with Crippen molar-refractivity contribution in [3.05, 3.63) is 56.2 Å². The maximum atomic E-state index is 12.3. The molecule has 2 aromatic heterocycles. The molecule has 0 fully saturated rings. The molecule has 0 aliphatic heterocycles. The fourth-order valence-electron chi connectivity index (χ4n) is 1.84. The summed E-state index contributed by atoms with van der Waals surface area (Å²) in [4.78, 5) is 13.0. The van der Waals surface area contributed by atoms with E-state index in [1.807, 2.05) is 17.5 Å². The van der Waals surface area contributed by atoms with Gasteiger partial charge in [-0.1, -0.05) is 23.2 Å². The van der Waals surface area contributed by atoms with Crippen molar-refractivity contribution >= 4 is 61.1 Å². The van der Waals surface area contributed by atoms with Crippen LogP contribution in [0, 0.1) is 0 Å². The second-order valence-electron chi connectivity index (χ2n) is 4.10. The average Bonchev–Trinajstić information content (AvgIpc) is 2.94. The molecule has 0 atom stereocenters. The first kappa shape index (κ1) is 13.1. The lowest BCUT2D eigenvalue weighted by atomic mass is 10.1. The highest BCUT2D eigenvalue weighted by Crippen LogP contribution is 2.31. The third-order valence-corrected chi connectivity index (χ3v) is 5.51. The number of hydrogen-bond acceptors (Lipinski definition) is 3. The maximum absolute atomic E-state index is 12.3. The fraction of sp³-hybridized carbons (Fsp3) is 0.0714. The second-order valence-corrected chi connectivity index (χ2v) is 6.97. The predicted molar refractivity (Wildman–Crippen MR) is 84.2 cm³/mol. The van der Waals surface area contributed by atoms with E-state index in [9.17, 15) is 4.79 Å². The first-order chi connectivity index (χ1) is 9.13. The Morgan fingerprint density at radius 1 is 1.11 bits per heavy atom. The largest absolute Gasteiger partial charge is 0.293 e. The van der Waals surface area contributed by atoms with E-state index in [-0.39, 0.29) is 12.2 Å². The molecule has 0 bridgehead atoms. The van der Waals surface area contributed by atoms with Crippen molar-refractivity contribution in [3.8, 4) is 0 Å². The molecule has 0 spiro atoms. The van der Waals surface area contributed by atoms with Crippen LogP contribution in [0.2, 0.25) is 10.0 Å². The van der Waals surface area contributed by atoms with E-state index < -0.39 is 0 Å². The molecule has 96 valence electrons. The van der Waals surface area contributed by atoms with E-state index in [1.54, 1.807) is 29.5 Å². The average molecular weight is 327 g/mol. The van der Waals surface area contributed by atoms with E-state index in [0.29, 0.717) is 10.0 Å². The Morgan fingerprint density at radius 2 is 1.95 bits per heavy atom. The van der Waals surface area contributed by atoms with E-state index in [0.717, 1.165) is 19.8 Å². The number of carbonyl (C=O) groups is 1. The standard InChI is InChI=1S/C14H8Cl2OS2/c15-9-1-2-10(16)8(5-9)6-11(17)13-7-14-12(19-13)3-4-18-14/h1-5,7H,6H2. The van der Waals surface area contributed by atoms with Crippen LogP contribution in [-0.2, 0) is 6.42 Å². The van der Waals surface area contributed by atoms with Crippen molar-refractivity contribution < 1.29 is 4.79 Å². The Labute approximate surface area is 128 Å². The van der Waals surface area contributed by atoms with Gasteiger partial charge in [-0.2, -0.15) is 0 Å². The lowest BCUT2D eigenvalue weighted by Crippen LogP contribution is -2.01. The minimum absolute atomic E-state index is 0.0811. The Bertz CT molecular complexity index is 729. The molecule has 5 heteroatoms. The molecule has 19 heavy (non-hydrogen) atoms. The first-order valence-corrected chi connectivity index (χ1v) is 8.03. The van der Waals surface area contributed by atoms with Gasteiger partial charge < -0.3 is 0 Å². The summed E-state index contributed by atoms with van der Waals surface area (Å²) < 4.78 is 2.32. The smallest absolute Gasteiger partial charge is 0.177 e. The molecule has 1 nitrogen and oxygen atoms in total. The summed E-state index contributed by atoms with van der Waals surface area (Å²) in [6.07, 6.45) is 0.285. The Morgan fingerprint density at radius 3 is 2.74 bits per heavy atom. The van der Waals surface area contributed by atoms with Gasteiger partial charge >= 0.3 is 0 Å². The van der Waals surface area contributed by atoms with Crippen molar-refractivity contribution in [1.29, 1.82) is 0 Å². The molecular formula is C14H8Cl2OS2. The Kier molecular flexibility index (Phi) is 3.63. The van der Waals surface area contributed by atoms with Gasteiger partial charge in [-0.25, -0.2) is 0 Å². The highest BCUT2D eigenvalue weighted by Gasteiger charge is 2.13. The van der Waals surface area contributed by atoms with Crippen LogP contribution in [0.5, 0.6) is 0 Å². The van der Waals surface area contributed by atoms with Gasteiger partial charge in [-0.15, -0.1) is 22.7 Å². The van der Waals surface area contributed by atoms with Gasteiger partial charge in [0.1, 0.15) is 0 Å². The van der Waals surface area contributed by atoms with Crippen LogP contribution in [0.1, 0.15) is 15.2 Å². The number of fused-ring (bicyclic) bond motifs is 1. The number of halogens is 2. The van der Waals surface area contributed by atoms with E-state index in [2.05, 4.69) is 0 Å². The molecule has 3 rings (SSSR count). The van der Waals surface area contributed by atoms with Crippen LogP contribution in [0.3, 0.4) is 0 Å². The maximum Gasteiger partial charge on any atom is 0.177 e. The molecule has 0 aliphatic rings. The second kappa shape index (κ2) is 5.25. The van der Waals surface area contributed by atoms with Crippen LogP contribution >= 0.6 is 45.9 Å². The van der Waals surface area contributed by atoms with Gasteiger partial charge in [0.05, 0.1) is 4.88 Å². The van der Waals surface area contributed by atoms with Crippen molar-refractivity contribution in [2.24, 2.45) is 0 Å². The molecule has 0 saturated heterocycles. The normalized spacial score (nSPS) is 11.1. The van der Waals surface area contributed by atoms with Gasteiger partial charge in [0.25, 0.3) is 0 Å². The van der Waals surface area contributed by atoms with E-state index in [4.69, 9.17) is 23.2 Å². The molecule has 2 heterocycles. The molecule has 3 aromatic rings. The Balaban J connectivity index is 1.88. The lowest BCUT2D eigenvalue weighted by molar-refractivity contribution is 0.0997. The number of Topliss-reactive ketones (excluding diaryl/α,β-unsaturated/α-hetero) is 1. The van der Waals surface area contributed by atoms with Gasteiger partial charge in [-0.05, 0) is 41.3 Å². The van der Waals surface area contributed by atoms with E-state index >= 15 is 0 Å². The SMILES string of the molecule is O=C(Cc1cc(Cl)ccc1Cl)c1cc2sccc2s1. The minimum Gasteiger partial charge on any atom is -0.293 e. The van der Waals surface area contributed by atoms with Crippen molar-refractivity contribution in [2.45, 2.75) is 6.42 Å². The summed E-state index contributed by atoms with van der Waals surface area (Å²) in [6.45, 7) is 0. The highest BCUT2D eigenvalue weighted by molar-refractivity contribution is 7.27. The number of rotatable bonds is 3. The Hall–Kier alpha value is -0.870. The topological polar surface area (TPSA) is 17.1 Å². The van der Waals surface area contributed by atoms with Crippen LogP contribution in [0.15, 0.2) is 35.7 Å². The molecule has 0 aliphatic carbocycles. The zero-order chi connectivity index (χ0) is 13.4. The summed E-state index contributed by atoms with van der Waals surface area (Å²) in [5, 5.41) is 3.21. The van der Waals surface area contributed by atoms with Crippen LogP contribution in [0.25, 0.3) is 9.40 Å². The number of carbonyl (C=O) groups excluding carboxylic acids is 1. The summed E-state index contributed by atoms with van der Waals surface area (Å²) in [7, 11) is 0. The molecule has 1 aromatic carbocycles. The molecule has 0 unspecified atom stereocenters. The fourth-order valence-corrected chi connectivity index (χ4v) is 4.27. The molecule has 0 amide bonds. The number of ketones is 1. The third kappa shape index (κ3) is 2.70. The number of benzene rings is 1. The predicted octanol–water partition coefficient (Wildman–Crippen LogP) is 5.70.